The maximum absolute atomic E-state index is 13.1. The minimum atomic E-state index is -0.174. The molecule has 0 aromatic heterocycles. The quantitative estimate of drug-likeness (QED) is 0.778. The van der Waals surface area contributed by atoms with Gasteiger partial charge in [-0.2, -0.15) is 0 Å². The molecule has 1 aromatic carbocycles. The smallest absolute Gasteiger partial charge is 0.123 e. The maximum atomic E-state index is 13.1. The van der Waals surface area contributed by atoms with E-state index >= 15 is 0 Å². The number of fused-ring (bicyclic) bond motifs is 1. The zero-order chi connectivity index (χ0) is 14.4. The third-order valence-corrected chi connectivity index (χ3v) is 4.11. The average Bonchev–Trinajstić information content (AvgIpc) is 2.84. The summed E-state index contributed by atoms with van der Waals surface area (Å²) in [6.45, 7) is 6.40. The second-order valence-corrected chi connectivity index (χ2v) is 5.77. The summed E-state index contributed by atoms with van der Waals surface area (Å²) in [5.41, 5.74) is 0.995. The predicted octanol–water partition coefficient (Wildman–Crippen LogP) is 3.94. The Balaban J connectivity index is 1.71. The third kappa shape index (κ3) is 4.20. The summed E-state index contributed by atoms with van der Waals surface area (Å²) in [5, 5.41) is 3.52. The fourth-order valence-corrected chi connectivity index (χ4v) is 2.79. The lowest BCUT2D eigenvalue weighted by atomic mass is 9.99. The van der Waals surface area contributed by atoms with E-state index in [4.69, 9.17) is 4.74 Å². The second-order valence-electron chi connectivity index (χ2n) is 5.77. The van der Waals surface area contributed by atoms with Gasteiger partial charge in [0.15, 0.2) is 0 Å². The second kappa shape index (κ2) is 7.63. The monoisotopic (exact) mass is 279 g/mol. The number of hydrogen-bond acceptors (Lipinski definition) is 2. The van der Waals surface area contributed by atoms with Crippen LogP contribution in [-0.4, -0.2) is 19.2 Å². The van der Waals surface area contributed by atoms with Crippen LogP contribution in [0.5, 0.6) is 5.75 Å². The lowest BCUT2D eigenvalue weighted by Gasteiger charge is -2.17. The van der Waals surface area contributed by atoms with Crippen molar-refractivity contribution in [3.63, 3.8) is 0 Å². The molecule has 1 aromatic rings. The highest BCUT2D eigenvalue weighted by Crippen LogP contribution is 2.28. The maximum Gasteiger partial charge on any atom is 0.123 e. The summed E-state index contributed by atoms with van der Waals surface area (Å²) in [5.74, 6) is 1.43. The SMILES string of the molecule is CCCCC(CC)CNCC1Cc2cc(F)ccc2O1. The first kappa shape index (κ1) is 15.3. The molecule has 0 fully saturated rings. The summed E-state index contributed by atoms with van der Waals surface area (Å²) >= 11 is 0. The molecule has 1 aliphatic heterocycles. The molecule has 1 N–H and O–H groups in total. The van der Waals surface area contributed by atoms with Crippen molar-refractivity contribution >= 4 is 0 Å². The first-order chi connectivity index (χ1) is 9.72. The van der Waals surface area contributed by atoms with Crippen molar-refractivity contribution in [2.45, 2.75) is 52.1 Å². The van der Waals surface area contributed by atoms with E-state index in [1.54, 1.807) is 12.1 Å². The van der Waals surface area contributed by atoms with E-state index in [1.165, 1.54) is 31.7 Å². The van der Waals surface area contributed by atoms with Gasteiger partial charge >= 0.3 is 0 Å². The Morgan fingerprint density at radius 1 is 1.40 bits per heavy atom. The lowest BCUT2D eigenvalue weighted by Crippen LogP contribution is -2.33. The number of halogens is 1. The van der Waals surface area contributed by atoms with Gasteiger partial charge < -0.3 is 10.1 Å². The first-order valence-electron chi connectivity index (χ1n) is 7.88. The standard InChI is InChI=1S/C17H26FNO/c1-3-5-6-13(4-2)11-19-12-16-10-14-9-15(18)7-8-17(14)20-16/h7-9,13,16,19H,3-6,10-12H2,1-2H3. The van der Waals surface area contributed by atoms with Crippen LogP contribution < -0.4 is 10.1 Å². The number of hydrogen-bond donors (Lipinski definition) is 1. The van der Waals surface area contributed by atoms with Gasteiger partial charge in [0.1, 0.15) is 17.7 Å². The Labute approximate surface area is 121 Å². The third-order valence-electron chi connectivity index (χ3n) is 4.11. The highest BCUT2D eigenvalue weighted by atomic mass is 19.1. The van der Waals surface area contributed by atoms with Gasteiger partial charge in [-0.15, -0.1) is 0 Å². The van der Waals surface area contributed by atoms with E-state index in [9.17, 15) is 4.39 Å². The zero-order valence-electron chi connectivity index (χ0n) is 12.6. The fourth-order valence-electron chi connectivity index (χ4n) is 2.79. The fraction of sp³-hybridized carbons (Fsp3) is 0.647. The number of unbranched alkanes of at least 4 members (excludes halogenated alkanes) is 1. The van der Waals surface area contributed by atoms with Crippen LogP contribution in [0.1, 0.15) is 45.1 Å². The van der Waals surface area contributed by atoms with Crippen molar-refractivity contribution in [3.05, 3.63) is 29.6 Å². The highest BCUT2D eigenvalue weighted by molar-refractivity contribution is 5.37. The van der Waals surface area contributed by atoms with Crippen molar-refractivity contribution in [1.82, 2.24) is 5.32 Å². The van der Waals surface area contributed by atoms with Crippen LogP contribution >= 0.6 is 0 Å². The van der Waals surface area contributed by atoms with Crippen LogP contribution in [0.25, 0.3) is 0 Å². The van der Waals surface area contributed by atoms with E-state index < -0.39 is 0 Å². The molecule has 0 radical (unpaired) electrons. The molecule has 0 amide bonds. The molecule has 0 spiro atoms. The van der Waals surface area contributed by atoms with E-state index in [0.717, 1.165) is 36.7 Å². The van der Waals surface area contributed by atoms with Crippen LogP contribution in [0.2, 0.25) is 0 Å². The van der Waals surface area contributed by atoms with Crippen molar-refractivity contribution < 1.29 is 9.13 Å². The molecule has 0 saturated heterocycles. The molecule has 2 rings (SSSR count). The minimum absolute atomic E-state index is 0.149. The van der Waals surface area contributed by atoms with Gasteiger partial charge in [0.2, 0.25) is 0 Å². The summed E-state index contributed by atoms with van der Waals surface area (Å²) in [6.07, 6.45) is 6.07. The van der Waals surface area contributed by atoms with Gasteiger partial charge in [-0.3, -0.25) is 0 Å². The highest BCUT2D eigenvalue weighted by Gasteiger charge is 2.23. The van der Waals surface area contributed by atoms with Gasteiger partial charge in [0, 0.05) is 18.5 Å². The summed E-state index contributed by atoms with van der Waals surface area (Å²) in [4.78, 5) is 0. The number of nitrogens with one attached hydrogen (secondary N) is 1. The summed E-state index contributed by atoms with van der Waals surface area (Å²) in [6, 6.07) is 4.79. The van der Waals surface area contributed by atoms with Crippen molar-refractivity contribution in [2.24, 2.45) is 5.92 Å². The first-order valence-corrected chi connectivity index (χ1v) is 7.88. The Morgan fingerprint density at radius 3 is 3.00 bits per heavy atom. The molecule has 1 aliphatic rings. The molecular weight excluding hydrogens is 253 g/mol. The normalized spacial score (nSPS) is 18.6. The average molecular weight is 279 g/mol. The molecule has 0 aliphatic carbocycles. The Kier molecular flexibility index (Phi) is 5.84. The van der Waals surface area contributed by atoms with E-state index in [-0.39, 0.29) is 11.9 Å². The van der Waals surface area contributed by atoms with E-state index in [0.29, 0.717) is 0 Å². The Hall–Kier alpha value is -1.09. The van der Waals surface area contributed by atoms with Crippen LogP contribution in [0.4, 0.5) is 4.39 Å². The number of rotatable bonds is 8. The lowest BCUT2D eigenvalue weighted by molar-refractivity contribution is 0.223. The van der Waals surface area contributed by atoms with E-state index in [2.05, 4.69) is 19.2 Å². The Bertz CT molecular complexity index is 421. The van der Waals surface area contributed by atoms with Gasteiger partial charge in [0.05, 0.1) is 0 Å². The van der Waals surface area contributed by atoms with Crippen molar-refractivity contribution in [3.8, 4) is 5.75 Å². The van der Waals surface area contributed by atoms with Gasteiger partial charge in [-0.25, -0.2) is 4.39 Å². The summed E-state index contributed by atoms with van der Waals surface area (Å²) in [7, 11) is 0. The van der Waals surface area contributed by atoms with Crippen LogP contribution in [0, 0.1) is 11.7 Å². The molecule has 1 heterocycles. The molecule has 2 nitrogen and oxygen atoms in total. The van der Waals surface area contributed by atoms with Crippen molar-refractivity contribution in [2.75, 3.05) is 13.1 Å². The molecule has 20 heavy (non-hydrogen) atoms. The van der Waals surface area contributed by atoms with E-state index in [1.807, 2.05) is 0 Å². The number of ether oxygens (including phenoxy) is 1. The molecule has 2 atom stereocenters. The van der Waals surface area contributed by atoms with Gasteiger partial charge in [-0.1, -0.05) is 33.1 Å². The number of benzene rings is 1. The van der Waals surface area contributed by atoms with Crippen LogP contribution in [-0.2, 0) is 6.42 Å². The predicted molar refractivity (Wildman–Crippen MR) is 80.7 cm³/mol. The largest absolute Gasteiger partial charge is 0.488 e. The summed E-state index contributed by atoms with van der Waals surface area (Å²) < 4.78 is 19.0. The molecular formula is C17H26FNO. The molecule has 0 bridgehead atoms. The van der Waals surface area contributed by atoms with Gasteiger partial charge in [0.25, 0.3) is 0 Å². The van der Waals surface area contributed by atoms with Crippen LogP contribution in [0.3, 0.4) is 0 Å². The topological polar surface area (TPSA) is 21.3 Å². The molecule has 0 saturated carbocycles. The van der Waals surface area contributed by atoms with Crippen LogP contribution in [0.15, 0.2) is 18.2 Å². The van der Waals surface area contributed by atoms with Gasteiger partial charge in [-0.05, 0) is 37.1 Å². The molecule has 2 unspecified atom stereocenters. The van der Waals surface area contributed by atoms with Crippen molar-refractivity contribution in [1.29, 1.82) is 0 Å². The molecule has 3 heteroatoms. The minimum Gasteiger partial charge on any atom is -0.488 e. The molecule has 112 valence electrons. The Morgan fingerprint density at radius 2 is 2.25 bits per heavy atom. The zero-order valence-corrected chi connectivity index (χ0v) is 12.6.